The van der Waals surface area contributed by atoms with Gasteiger partial charge in [-0.15, -0.1) is 11.3 Å². The van der Waals surface area contributed by atoms with Gasteiger partial charge in [-0.25, -0.2) is 0 Å². The van der Waals surface area contributed by atoms with Crippen LogP contribution in [-0.4, -0.2) is 31.1 Å². The van der Waals surface area contributed by atoms with Gasteiger partial charge in [-0.3, -0.25) is 4.90 Å². The summed E-state index contributed by atoms with van der Waals surface area (Å²) in [4.78, 5) is 5.58. The quantitative estimate of drug-likeness (QED) is 0.870. The molecular weight excluding hydrogens is 216 g/mol. The molecule has 0 unspecified atom stereocenters. The Morgan fingerprint density at radius 2 is 2.06 bits per heavy atom. The van der Waals surface area contributed by atoms with Crippen molar-refractivity contribution in [2.24, 2.45) is 0 Å². The van der Waals surface area contributed by atoms with Crippen molar-refractivity contribution in [1.82, 2.24) is 10.2 Å². The molecule has 0 aromatic carbocycles. The van der Waals surface area contributed by atoms with E-state index in [0.29, 0.717) is 0 Å². The number of nitrogens with zero attached hydrogens (tertiary/aromatic N) is 1. The lowest BCUT2D eigenvalue weighted by Gasteiger charge is -2.31. The van der Waals surface area contributed by atoms with E-state index in [1.54, 1.807) is 0 Å². The third-order valence-electron chi connectivity index (χ3n) is 3.59. The van der Waals surface area contributed by atoms with E-state index in [0.717, 1.165) is 12.6 Å². The Kier molecular flexibility index (Phi) is 4.00. The average molecular weight is 238 g/mol. The molecule has 0 atom stereocenters. The van der Waals surface area contributed by atoms with Gasteiger partial charge in [0.15, 0.2) is 0 Å². The van der Waals surface area contributed by atoms with Gasteiger partial charge in [-0.2, -0.15) is 0 Å². The smallest absolute Gasteiger partial charge is 0.0328 e. The van der Waals surface area contributed by atoms with Gasteiger partial charge in [-0.05, 0) is 58.5 Å². The maximum atomic E-state index is 3.38. The minimum atomic E-state index is 0.739. The van der Waals surface area contributed by atoms with Crippen molar-refractivity contribution in [3.8, 4) is 0 Å². The van der Waals surface area contributed by atoms with Gasteiger partial charge in [0, 0.05) is 22.3 Å². The van der Waals surface area contributed by atoms with Gasteiger partial charge in [0.25, 0.3) is 0 Å². The molecule has 1 aromatic rings. The third-order valence-corrected chi connectivity index (χ3v) is 4.73. The number of aryl methyl sites for hydroxylation is 2. The van der Waals surface area contributed by atoms with Crippen LogP contribution in [-0.2, 0) is 6.54 Å². The fourth-order valence-electron chi connectivity index (χ4n) is 2.33. The number of hydrogen-bond donors (Lipinski definition) is 1. The molecule has 0 aliphatic carbocycles. The normalized spacial score (nSPS) is 19.2. The number of hydrogen-bond acceptors (Lipinski definition) is 3. The van der Waals surface area contributed by atoms with Crippen molar-refractivity contribution in [3.05, 3.63) is 21.4 Å². The van der Waals surface area contributed by atoms with Gasteiger partial charge in [0.2, 0.25) is 0 Å². The molecule has 1 aliphatic heterocycles. The summed E-state index contributed by atoms with van der Waals surface area (Å²) in [5, 5.41) is 3.38. The number of nitrogens with one attached hydrogen (secondary N) is 1. The number of rotatable bonds is 3. The first-order valence-corrected chi connectivity index (χ1v) is 6.96. The maximum Gasteiger partial charge on any atom is 0.0328 e. The summed E-state index contributed by atoms with van der Waals surface area (Å²) in [5.41, 5.74) is 1.45. The predicted molar refractivity (Wildman–Crippen MR) is 71.2 cm³/mol. The van der Waals surface area contributed by atoms with E-state index in [2.05, 4.69) is 37.2 Å². The highest BCUT2D eigenvalue weighted by Gasteiger charge is 2.18. The summed E-state index contributed by atoms with van der Waals surface area (Å²) >= 11 is 1.96. The highest BCUT2D eigenvalue weighted by atomic mass is 32.1. The van der Waals surface area contributed by atoms with Gasteiger partial charge >= 0.3 is 0 Å². The van der Waals surface area contributed by atoms with Gasteiger partial charge < -0.3 is 5.32 Å². The Balaban J connectivity index is 1.87. The highest BCUT2D eigenvalue weighted by Crippen LogP contribution is 2.23. The zero-order chi connectivity index (χ0) is 11.5. The second-order valence-electron chi connectivity index (χ2n) is 4.79. The molecule has 2 nitrogen and oxygen atoms in total. The fraction of sp³-hybridized carbons (Fsp3) is 0.692. The molecule has 2 heterocycles. The Labute approximate surface area is 103 Å². The molecule has 90 valence electrons. The molecule has 1 saturated heterocycles. The first kappa shape index (κ1) is 12.1. The van der Waals surface area contributed by atoms with E-state index in [4.69, 9.17) is 0 Å². The monoisotopic (exact) mass is 238 g/mol. The molecule has 1 aromatic heterocycles. The second kappa shape index (κ2) is 5.30. The van der Waals surface area contributed by atoms with E-state index < -0.39 is 0 Å². The highest BCUT2D eigenvalue weighted by molar-refractivity contribution is 7.12. The third kappa shape index (κ3) is 2.84. The summed E-state index contributed by atoms with van der Waals surface area (Å²) in [6.07, 6.45) is 2.58. The molecular formula is C13H22N2S. The largest absolute Gasteiger partial charge is 0.317 e. The van der Waals surface area contributed by atoms with Crippen molar-refractivity contribution in [1.29, 1.82) is 0 Å². The van der Waals surface area contributed by atoms with Crippen LogP contribution in [0.1, 0.15) is 28.2 Å². The summed E-state index contributed by atoms with van der Waals surface area (Å²) in [7, 11) is 2.08. The van der Waals surface area contributed by atoms with Crippen LogP contribution in [0.25, 0.3) is 0 Å². The average Bonchev–Trinajstić information content (AvgIpc) is 2.59. The van der Waals surface area contributed by atoms with Crippen LogP contribution in [0.5, 0.6) is 0 Å². The molecule has 1 N–H and O–H groups in total. The van der Waals surface area contributed by atoms with Gasteiger partial charge in [0.05, 0.1) is 0 Å². The molecule has 0 saturated carbocycles. The van der Waals surface area contributed by atoms with Crippen molar-refractivity contribution in [3.63, 3.8) is 0 Å². The van der Waals surface area contributed by atoms with Gasteiger partial charge in [0.1, 0.15) is 0 Å². The van der Waals surface area contributed by atoms with E-state index >= 15 is 0 Å². The number of thiophene rings is 1. The molecule has 0 spiro atoms. The molecule has 0 bridgehead atoms. The van der Waals surface area contributed by atoms with Crippen molar-refractivity contribution in [2.45, 2.75) is 39.3 Å². The molecule has 16 heavy (non-hydrogen) atoms. The standard InChI is InChI=1S/C13H22N2S/c1-10-8-13(16-11(10)2)9-15-6-4-12(14-3)5-7-15/h8,12,14H,4-7,9H2,1-3H3. The maximum absolute atomic E-state index is 3.38. The molecule has 3 heteroatoms. The van der Waals surface area contributed by atoms with Crippen LogP contribution in [0, 0.1) is 13.8 Å². The first-order valence-electron chi connectivity index (χ1n) is 6.14. The zero-order valence-corrected chi connectivity index (χ0v) is 11.4. The molecule has 0 radical (unpaired) electrons. The van der Waals surface area contributed by atoms with Crippen LogP contribution in [0.2, 0.25) is 0 Å². The number of likely N-dealkylation sites (tertiary alicyclic amines) is 1. The van der Waals surface area contributed by atoms with E-state index in [1.165, 1.54) is 41.2 Å². The minimum Gasteiger partial charge on any atom is -0.317 e. The van der Waals surface area contributed by atoms with Crippen LogP contribution < -0.4 is 5.32 Å². The molecule has 2 rings (SSSR count). The van der Waals surface area contributed by atoms with Crippen molar-refractivity contribution >= 4 is 11.3 Å². The second-order valence-corrected chi connectivity index (χ2v) is 6.13. The molecule has 1 aliphatic rings. The molecule has 1 fully saturated rings. The van der Waals surface area contributed by atoms with Crippen LogP contribution in [0.15, 0.2) is 6.07 Å². The van der Waals surface area contributed by atoms with Crippen molar-refractivity contribution in [2.75, 3.05) is 20.1 Å². The summed E-state index contributed by atoms with van der Waals surface area (Å²) in [5.74, 6) is 0. The Morgan fingerprint density at radius 3 is 2.56 bits per heavy atom. The van der Waals surface area contributed by atoms with Crippen LogP contribution in [0.4, 0.5) is 0 Å². The van der Waals surface area contributed by atoms with Crippen LogP contribution >= 0.6 is 11.3 Å². The Bertz CT molecular complexity index is 318. The summed E-state index contributed by atoms with van der Waals surface area (Å²) < 4.78 is 0. The first-order chi connectivity index (χ1) is 7.69. The SMILES string of the molecule is CNC1CCN(Cc2cc(C)c(C)s2)CC1. The van der Waals surface area contributed by atoms with Crippen molar-refractivity contribution < 1.29 is 0 Å². The lowest BCUT2D eigenvalue weighted by Crippen LogP contribution is -2.40. The number of piperidine rings is 1. The van der Waals surface area contributed by atoms with Gasteiger partial charge in [-0.1, -0.05) is 0 Å². The Hall–Kier alpha value is -0.380. The zero-order valence-electron chi connectivity index (χ0n) is 10.5. The Morgan fingerprint density at radius 1 is 1.38 bits per heavy atom. The van der Waals surface area contributed by atoms with E-state index in [1.807, 2.05) is 11.3 Å². The summed E-state index contributed by atoms with van der Waals surface area (Å²) in [6.45, 7) is 8.05. The fourth-order valence-corrected chi connectivity index (χ4v) is 3.42. The lowest BCUT2D eigenvalue weighted by molar-refractivity contribution is 0.196. The predicted octanol–water partition coefficient (Wildman–Crippen LogP) is 2.55. The minimum absolute atomic E-state index is 0.739. The topological polar surface area (TPSA) is 15.3 Å². The summed E-state index contributed by atoms with van der Waals surface area (Å²) in [6, 6.07) is 3.09. The molecule has 0 amide bonds. The lowest BCUT2D eigenvalue weighted by atomic mass is 10.1. The van der Waals surface area contributed by atoms with E-state index in [-0.39, 0.29) is 0 Å². The van der Waals surface area contributed by atoms with E-state index in [9.17, 15) is 0 Å². The van der Waals surface area contributed by atoms with Crippen LogP contribution in [0.3, 0.4) is 0 Å².